The maximum atomic E-state index is 9.56. The highest BCUT2D eigenvalue weighted by molar-refractivity contribution is 7.98. The van der Waals surface area contributed by atoms with Crippen molar-refractivity contribution in [1.29, 1.82) is 5.26 Å². The van der Waals surface area contributed by atoms with Crippen molar-refractivity contribution in [3.63, 3.8) is 0 Å². The molecule has 0 saturated heterocycles. The SMILES string of the molecule is Cc1nn(-c2ccccc2)c(CSc2ncnc3ccsc23)c1C#N. The molecule has 0 saturated carbocycles. The number of aryl methyl sites for hydroxylation is 1. The molecule has 0 bridgehead atoms. The molecule has 0 aliphatic carbocycles. The predicted molar refractivity (Wildman–Crippen MR) is 100.0 cm³/mol. The number of nitrogens with zero attached hydrogens (tertiary/aromatic N) is 5. The maximum absolute atomic E-state index is 9.56. The van der Waals surface area contributed by atoms with E-state index in [9.17, 15) is 5.26 Å². The van der Waals surface area contributed by atoms with E-state index in [1.807, 2.05) is 53.4 Å². The smallest absolute Gasteiger partial charge is 0.118 e. The average Bonchev–Trinajstić information content (AvgIpc) is 3.25. The second kappa shape index (κ2) is 6.67. The summed E-state index contributed by atoms with van der Waals surface area (Å²) in [5.41, 5.74) is 4.17. The Bertz CT molecular complexity index is 1080. The highest BCUT2D eigenvalue weighted by Crippen LogP contribution is 2.32. The van der Waals surface area contributed by atoms with E-state index in [1.54, 1.807) is 29.4 Å². The molecule has 0 amide bonds. The van der Waals surface area contributed by atoms with Crippen molar-refractivity contribution < 1.29 is 0 Å². The fourth-order valence-electron chi connectivity index (χ4n) is 2.64. The van der Waals surface area contributed by atoms with Gasteiger partial charge in [-0.2, -0.15) is 10.4 Å². The lowest BCUT2D eigenvalue weighted by atomic mass is 10.2. The Morgan fingerprint density at radius 2 is 2.04 bits per heavy atom. The number of hydrogen-bond donors (Lipinski definition) is 0. The van der Waals surface area contributed by atoms with Crippen LogP contribution < -0.4 is 0 Å². The summed E-state index contributed by atoms with van der Waals surface area (Å²) >= 11 is 3.24. The first-order valence-corrected chi connectivity index (χ1v) is 9.49. The van der Waals surface area contributed by atoms with Crippen LogP contribution in [-0.4, -0.2) is 19.7 Å². The molecule has 4 aromatic rings. The Morgan fingerprint density at radius 1 is 1.20 bits per heavy atom. The molecule has 0 unspecified atom stereocenters. The van der Waals surface area contributed by atoms with Crippen LogP contribution in [0, 0.1) is 18.3 Å². The Hall–Kier alpha value is -2.69. The van der Waals surface area contributed by atoms with Gasteiger partial charge in [0.1, 0.15) is 17.4 Å². The molecule has 5 nitrogen and oxygen atoms in total. The van der Waals surface area contributed by atoms with Crippen LogP contribution in [0.3, 0.4) is 0 Å². The Kier molecular flexibility index (Phi) is 4.22. The number of hydrogen-bond acceptors (Lipinski definition) is 6. The summed E-state index contributed by atoms with van der Waals surface area (Å²) in [7, 11) is 0. The molecule has 0 aliphatic rings. The molecule has 0 N–H and O–H groups in total. The number of fused-ring (bicyclic) bond motifs is 1. The van der Waals surface area contributed by atoms with Gasteiger partial charge in [0, 0.05) is 5.75 Å². The third-order valence-corrected chi connectivity index (χ3v) is 5.87. The van der Waals surface area contributed by atoms with Crippen molar-refractivity contribution in [2.75, 3.05) is 0 Å². The number of aromatic nitrogens is 4. The van der Waals surface area contributed by atoms with Crippen molar-refractivity contribution in [2.24, 2.45) is 0 Å². The van der Waals surface area contributed by atoms with Crippen LogP contribution in [0.2, 0.25) is 0 Å². The van der Waals surface area contributed by atoms with E-state index in [1.165, 1.54) is 0 Å². The normalized spacial score (nSPS) is 10.9. The zero-order valence-corrected chi connectivity index (χ0v) is 15.0. The maximum Gasteiger partial charge on any atom is 0.118 e. The zero-order valence-electron chi connectivity index (χ0n) is 13.4. The van der Waals surface area contributed by atoms with Crippen molar-refractivity contribution in [3.05, 3.63) is 65.1 Å². The van der Waals surface area contributed by atoms with Crippen LogP contribution in [0.1, 0.15) is 17.0 Å². The summed E-state index contributed by atoms with van der Waals surface area (Å²) < 4.78 is 2.93. The summed E-state index contributed by atoms with van der Waals surface area (Å²) in [4.78, 5) is 8.68. The summed E-state index contributed by atoms with van der Waals surface area (Å²) in [5.74, 6) is 0.614. The standard InChI is InChI=1S/C18H13N5S2/c1-12-14(9-19)16(23(22-12)13-5-3-2-4-6-13)10-25-18-17-15(7-8-24-17)20-11-21-18/h2-8,11H,10H2,1H3. The second-order valence-electron chi connectivity index (χ2n) is 5.37. The molecule has 25 heavy (non-hydrogen) atoms. The van der Waals surface area contributed by atoms with Crippen LogP contribution in [0.5, 0.6) is 0 Å². The van der Waals surface area contributed by atoms with Crippen LogP contribution in [0.15, 0.2) is 53.1 Å². The topological polar surface area (TPSA) is 67.4 Å². The van der Waals surface area contributed by atoms with Crippen LogP contribution in [0.4, 0.5) is 0 Å². The minimum Gasteiger partial charge on any atom is -0.235 e. The van der Waals surface area contributed by atoms with Gasteiger partial charge in [0.2, 0.25) is 0 Å². The minimum atomic E-state index is 0.614. The van der Waals surface area contributed by atoms with E-state index in [-0.39, 0.29) is 0 Å². The first-order chi connectivity index (χ1) is 12.3. The van der Waals surface area contributed by atoms with Crippen LogP contribution >= 0.6 is 23.1 Å². The fourth-order valence-corrected chi connectivity index (χ4v) is 4.59. The molecular weight excluding hydrogens is 350 g/mol. The van der Waals surface area contributed by atoms with E-state index in [0.29, 0.717) is 11.3 Å². The molecular formula is C18H13N5S2. The van der Waals surface area contributed by atoms with Crippen LogP contribution in [0.25, 0.3) is 15.9 Å². The van der Waals surface area contributed by atoms with E-state index >= 15 is 0 Å². The van der Waals surface area contributed by atoms with Crippen molar-refractivity contribution >= 4 is 33.3 Å². The lowest BCUT2D eigenvalue weighted by Gasteiger charge is -2.08. The molecule has 1 aromatic carbocycles. The molecule has 4 rings (SSSR count). The lowest BCUT2D eigenvalue weighted by Crippen LogP contribution is -2.02. The monoisotopic (exact) mass is 363 g/mol. The van der Waals surface area contributed by atoms with Crippen molar-refractivity contribution in [3.8, 4) is 11.8 Å². The number of thioether (sulfide) groups is 1. The minimum absolute atomic E-state index is 0.614. The highest BCUT2D eigenvalue weighted by atomic mass is 32.2. The van der Waals surface area contributed by atoms with Gasteiger partial charge in [-0.15, -0.1) is 11.3 Å². The summed E-state index contributed by atoms with van der Waals surface area (Å²) in [6.07, 6.45) is 1.59. The van der Waals surface area contributed by atoms with Gasteiger partial charge in [0.25, 0.3) is 0 Å². The average molecular weight is 363 g/mol. The summed E-state index contributed by atoms with van der Waals surface area (Å²) in [5, 5.41) is 17.1. The van der Waals surface area contributed by atoms with Crippen LogP contribution in [-0.2, 0) is 5.75 Å². The van der Waals surface area contributed by atoms with Gasteiger partial charge in [-0.3, -0.25) is 0 Å². The summed E-state index contributed by atoms with van der Waals surface area (Å²) in [6, 6.07) is 14.2. The molecule has 3 aromatic heterocycles. The molecule has 0 aliphatic heterocycles. The molecule has 0 atom stereocenters. The molecule has 0 radical (unpaired) electrons. The third-order valence-electron chi connectivity index (χ3n) is 3.82. The number of thiophene rings is 1. The first kappa shape index (κ1) is 15.8. The molecule has 122 valence electrons. The second-order valence-corrected chi connectivity index (χ2v) is 7.25. The number of para-hydroxylation sites is 1. The van der Waals surface area contributed by atoms with E-state index < -0.39 is 0 Å². The molecule has 3 heterocycles. The lowest BCUT2D eigenvalue weighted by molar-refractivity contribution is 0.828. The third kappa shape index (κ3) is 2.90. The van der Waals surface area contributed by atoms with Crippen molar-refractivity contribution in [2.45, 2.75) is 17.7 Å². The summed E-state index contributed by atoms with van der Waals surface area (Å²) in [6.45, 7) is 1.87. The van der Waals surface area contributed by atoms with E-state index in [2.05, 4.69) is 21.1 Å². The first-order valence-electron chi connectivity index (χ1n) is 7.63. The Morgan fingerprint density at radius 3 is 2.84 bits per heavy atom. The predicted octanol–water partition coefficient (Wildman–Crippen LogP) is 4.35. The van der Waals surface area contributed by atoms with Gasteiger partial charge >= 0.3 is 0 Å². The number of benzene rings is 1. The van der Waals surface area contributed by atoms with E-state index in [0.717, 1.165) is 32.3 Å². The largest absolute Gasteiger partial charge is 0.235 e. The fraction of sp³-hybridized carbons (Fsp3) is 0.111. The van der Waals surface area contributed by atoms with E-state index in [4.69, 9.17) is 0 Å². The number of nitriles is 1. The van der Waals surface area contributed by atoms with Gasteiger partial charge in [-0.25, -0.2) is 14.6 Å². The highest BCUT2D eigenvalue weighted by Gasteiger charge is 2.17. The van der Waals surface area contributed by atoms with Gasteiger partial charge in [-0.1, -0.05) is 30.0 Å². The van der Waals surface area contributed by atoms with Gasteiger partial charge in [-0.05, 0) is 30.5 Å². The number of rotatable bonds is 4. The van der Waals surface area contributed by atoms with Gasteiger partial charge in [0.15, 0.2) is 0 Å². The Balaban J connectivity index is 1.73. The quantitative estimate of drug-likeness (QED) is 0.398. The molecule has 0 spiro atoms. The molecule has 7 heteroatoms. The Labute approximate surface area is 153 Å². The van der Waals surface area contributed by atoms with Gasteiger partial charge < -0.3 is 0 Å². The van der Waals surface area contributed by atoms with Gasteiger partial charge in [0.05, 0.1) is 32.9 Å². The van der Waals surface area contributed by atoms with Crippen molar-refractivity contribution in [1.82, 2.24) is 19.7 Å². The molecule has 0 fully saturated rings. The zero-order chi connectivity index (χ0) is 17.2.